The lowest BCUT2D eigenvalue weighted by Gasteiger charge is -2.09. The minimum absolute atomic E-state index is 0.831. The first-order valence-corrected chi connectivity index (χ1v) is 9.66. The number of ether oxygens (including phenoxy) is 2. The Hall–Kier alpha value is -2.40. The predicted octanol–water partition coefficient (Wildman–Crippen LogP) is 5.54. The fraction of sp³-hybridized carbons (Fsp3) is 0.417. The fourth-order valence-corrected chi connectivity index (χ4v) is 3.52. The summed E-state index contributed by atoms with van der Waals surface area (Å²) in [6.07, 6.45) is 9.97. The van der Waals surface area contributed by atoms with Crippen molar-refractivity contribution in [3.63, 3.8) is 0 Å². The molecule has 0 amide bonds. The molecule has 2 nitrogen and oxygen atoms in total. The zero-order valence-electron chi connectivity index (χ0n) is 15.9. The van der Waals surface area contributed by atoms with Gasteiger partial charge in [-0.1, -0.05) is 49.7 Å². The summed E-state index contributed by atoms with van der Waals surface area (Å²) in [4.78, 5) is 0. The lowest BCUT2D eigenvalue weighted by atomic mass is 9.99. The Bertz CT molecular complexity index is 730. The van der Waals surface area contributed by atoms with Gasteiger partial charge in [0.15, 0.2) is 0 Å². The van der Waals surface area contributed by atoms with Crippen LogP contribution < -0.4 is 9.47 Å². The maximum atomic E-state index is 5.51. The van der Waals surface area contributed by atoms with Crippen molar-refractivity contribution in [1.82, 2.24) is 0 Å². The number of hydrogen-bond donors (Lipinski definition) is 0. The highest BCUT2D eigenvalue weighted by Crippen LogP contribution is 2.23. The number of benzene rings is 2. The van der Waals surface area contributed by atoms with Crippen molar-refractivity contribution in [2.75, 3.05) is 14.2 Å². The maximum absolute atomic E-state index is 5.51. The molecule has 2 aromatic rings. The second kappa shape index (κ2) is 9.34. The van der Waals surface area contributed by atoms with Gasteiger partial charge in [0.1, 0.15) is 11.5 Å². The van der Waals surface area contributed by atoms with Gasteiger partial charge in [0.25, 0.3) is 0 Å². The topological polar surface area (TPSA) is 18.5 Å². The van der Waals surface area contributed by atoms with Gasteiger partial charge >= 0.3 is 0 Å². The molecule has 0 fully saturated rings. The molecule has 3 rings (SSSR count). The van der Waals surface area contributed by atoms with Crippen LogP contribution in [0.25, 0.3) is 0 Å². The van der Waals surface area contributed by atoms with Crippen LogP contribution in [0.15, 0.2) is 36.4 Å². The minimum atomic E-state index is 0.831. The highest BCUT2D eigenvalue weighted by atomic mass is 16.5. The average molecular weight is 348 g/mol. The van der Waals surface area contributed by atoms with E-state index in [9.17, 15) is 0 Å². The van der Waals surface area contributed by atoms with E-state index in [1.54, 1.807) is 14.2 Å². The molecule has 0 N–H and O–H groups in total. The second-order valence-corrected chi connectivity index (χ2v) is 6.94. The molecule has 4 bridgehead atoms. The third-order valence-electron chi connectivity index (χ3n) is 5.04. The molecule has 0 atom stereocenters. The molecule has 0 aliphatic heterocycles. The minimum Gasteiger partial charge on any atom is -0.495 e. The van der Waals surface area contributed by atoms with Gasteiger partial charge in [-0.15, -0.1) is 0 Å². The third kappa shape index (κ3) is 4.82. The molecule has 0 aromatic heterocycles. The van der Waals surface area contributed by atoms with Crippen LogP contribution in [0.2, 0.25) is 0 Å². The van der Waals surface area contributed by atoms with Crippen LogP contribution in [-0.2, 0) is 12.8 Å². The normalized spacial score (nSPS) is 14.8. The lowest BCUT2D eigenvalue weighted by Crippen LogP contribution is -1.94. The number of fused-ring (bicyclic) bond motifs is 4. The molecular formula is C24H28O2. The Morgan fingerprint density at radius 3 is 1.46 bits per heavy atom. The number of methoxy groups -OCH3 is 2. The van der Waals surface area contributed by atoms with Crippen LogP contribution in [0.5, 0.6) is 11.5 Å². The highest BCUT2D eigenvalue weighted by Gasteiger charge is 2.06. The summed E-state index contributed by atoms with van der Waals surface area (Å²) in [6.45, 7) is 0. The van der Waals surface area contributed by atoms with Crippen molar-refractivity contribution >= 4 is 0 Å². The van der Waals surface area contributed by atoms with Gasteiger partial charge in [-0.2, -0.15) is 0 Å². The molecule has 1 aliphatic rings. The van der Waals surface area contributed by atoms with E-state index < -0.39 is 0 Å². The fourth-order valence-electron chi connectivity index (χ4n) is 3.52. The molecule has 0 unspecified atom stereocenters. The Morgan fingerprint density at radius 1 is 0.615 bits per heavy atom. The first-order valence-electron chi connectivity index (χ1n) is 9.66. The Balaban J connectivity index is 1.99. The summed E-state index contributed by atoms with van der Waals surface area (Å²) in [6, 6.07) is 12.7. The maximum Gasteiger partial charge on any atom is 0.134 e. The molecule has 26 heavy (non-hydrogen) atoms. The molecule has 0 radical (unpaired) electrons. The van der Waals surface area contributed by atoms with Gasteiger partial charge in [-0.25, -0.2) is 0 Å². The SMILES string of the molecule is COc1ccc2cc1C#Cc1cc(ccc1OC)CCCCCCCC2. The van der Waals surface area contributed by atoms with Gasteiger partial charge in [-0.3, -0.25) is 0 Å². The smallest absolute Gasteiger partial charge is 0.134 e. The van der Waals surface area contributed by atoms with Crippen molar-refractivity contribution < 1.29 is 9.47 Å². The number of rotatable bonds is 2. The number of aryl methyl sites for hydroxylation is 2. The summed E-state index contributed by atoms with van der Waals surface area (Å²) in [5, 5.41) is 0. The Morgan fingerprint density at radius 2 is 1.04 bits per heavy atom. The van der Waals surface area contributed by atoms with Gasteiger partial charge < -0.3 is 9.47 Å². The standard InChI is InChI=1S/C24H28O2/c1-25-23-15-11-19-9-7-5-3-4-6-8-10-20-12-16-24(26-2)22(18-20)14-13-21(23)17-19/h11-12,15-18H,3-10H2,1-2H3. The van der Waals surface area contributed by atoms with E-state index in [4.69, 9.17) is 9.47 Å². The van der Waals surface area contributed by atoms with E-state index >= 15 is 0 Å². The second-order valence-electron chi connectivity index (χ2n) is 6.94. The highest BCUT2D eigenvalue weighted by molar-refractivity contribution is 5.55. The molecule has 0 saturated heterocycles. The van der Waals surface area contributed by atoms with Gasteiger partial charge in [0.2, 0.25) is 0 Å². The average Bonchev–Trinajstić information content (AvgIpc) is 2.67. The number of hydrogen-bond acceptors (Lipinski definition) is 2. The van der Waals surface area contributed by atoms with E-state index in [0.29, 0.717) is 0 Å². The van der Waals surface area contributed by atoms with Gasteiger partial charge in [-0.05, 0) is 61.1 Å². The van der Waals surface area contributed by atoms with E-state index in [0.717, 1.165) is 35.5 Å². The molecular weight excluding hydrogens is 320 g/mol. The quantitative estimate of drug-likeness (QED) is 0.663. The van der Waals surface area contributed by atoms with Crippen LogP contribution in [-0.4, -0.2) is 14.2 Å². The summed E-state index contributed by atoms with van der Waals surface area (Å²) < 4.78 is 11.0. The third-order valence-corrected chi connectivity index (χ3v) is 5.04. The van der Waals surface area contributed by atoms with Crippen molar-refractivity contribution in [3.05, 3.63) is 58.7 Å². The zero-order valence-corrected chi connectivity index (χ0v) is 15.9. The van der Waals surface area contributed by atoms with E-state index in [2.05, 4.69) is 36.1 Å². The van der Waals surface area contributed by atoms with Crippen LogP contribution in [0.1, 0.15) is 60.8 Å². The predicted molar refractivity (Wildman–Crippen MR) is 107 cm³/mol. The van der Waals surface area contributed by atoms with Crippen LogP contribution >= 0.6 is 0 Å². The van der Waals surface area contributed by atoms with Crippen LogP contribution in [0.3, 0.4) is 0 Å². The molecule has 136 valence electrons. The van der Waals surface area contributed by atoms with Crippen molar-refractivity contribution in [2.24, 2.45) is 0 Å². The monoisotopic (exact) mass is 348 g/mol. The Kier molecular flexibility index (Phi) is 6.61. The van der Waals surface area contributed by atoms with Crippen molar-refractivity contribution in [3.8, 4) is 23.3 Å². The molecule has 0 heterocycles. The van der Waals surface area contributed by atoms with Crippen molar-refractivity contribution in [2.45, 2.75) is 51.4 Å². The molecule has 0 saturated carbocycles. The summed E-state index contributed by atoms with van der Waals surface area (Å²) in [7, 11) is 3.40. The van der Waals surface area contributed by atoms with Crippen LogP contribution in [0.4, 0.5) is 0 Å². The van der Waals surface area contributed by atoms with E-state index in [-0.39, 0.29) is 0 Å². The molecule has 1 aliphatic carbocycles. The summed E-state index contributed by atoms with van der Waals surface area (Å²) in [5.74, 6) is 8.29. The van der Waals surface area contributed by atoms with Gasteiger partial charge in [0.05, 0.1) is 25.3 Å². The lowest BCUT2D eigenvalue weighted by molar-refractivity contribution is 0.413. The largest absolute Gasteiger partial charge is 0.495 e. The zero-order chi connectivity index (χ0) is 18.2. The molecule has 0 spiro atoms. The molecule has 2 aromatic carbocycles. The first kappa shape index (κ1) is 18.4. The molecule has 2 heteroatoms. The van der Waals surface area contributed by atoms with E-state index in [1.807, 2.05) is 12.1 Å². The van der Waals surface area contributed by atoms with Gasteiger partial charge in [0, 0.05) is 0 Å². The van der Waals surface area contributed by atoms with Crippen LogP contribution in [0, 0.1) is 11.8 Å². The first-order chi connectivity index (χ1) is 12.8. The summed E-state index contributed by atoms with van der Waals surface area (Å²) in [5.41, 5.74) is 4.57. The van der Waals surface area contributed by atoms with E-state index in [1.165, 1.54) is 49.7 Å². The Labute approximate surface area is 157 Å². The summed E-state index contributed by atoms with van der Waals surface area (Å²) >= 11 is 0. The van der Waals surface area contributed by atoms with Crippen molar-refractivity contribution in [1.29, 1.82) is 0 Å².